The number of hydrogen-bond donors (Lipinski definition) is 1. The van der Waals surface area contributed by atoms with Gasteiger partial charge in [-0.2, -0.15) is 0 Å². The van der Waals surface area contributed by atoms with Crippen LogP contribution in [-0.4, -0.2) is 43.5 Å². The second-order valence-electron chi connectivity index (χ2n) is 6.40. The summed E-state index contributed by atoms with van der Waals surface area (Å²) in [6.45, 7) is 8.54. The maximum absolute atomic E-state index is 12.2. The molecule has 1 N–H and O–H groups in total. The Morgan fingerprint density at radius 3 is 2.38 bits per heavy atom. The molecule has 0 radical (unpaired) electrons. The van der Waals surface area contributed by atoms with Gasteiger partial charge in [0.15, 0.2) is 0 Å². The summed E-state index contributed by atoms with van der Waals surface area (Å²) in [5.41, 5.74) is 4.87. The molecule has 0 aliphatic carbocycles. The van der Waals surface area contributed by atoms with Gasteiger partial charge in [0.1, 0.15) is 0 Å². The van der Waals surface area contributed by atoms with E-state index in [1.54, 1.807) is 0 Å². The van der Waals surface area contributed by atoms with E-state index in [2.05, 4.69) is 47.2 Å². The molecule has 0 aromatic heterocycles. The van der Waals surface area contributed by atoms with Gasteiger partial charge in [-0.05, 0) is 43.2 Å². The lowest BCUT2D eigenvalue weighted by molar-refractivity contribution is -0.117. The summed E-state index contributed by atoms with van der Waals surface area (Å²) in [5, 5.41) is 2.95. The highest BCUT2D eigenvalue weighted by Gasteiger charge is 2.20. The number of rotatable bonds is 4. The van der Waals surface area contributed by atoms with Crippen molar-refractivity contribution < 1.29 is 4.79 Å². The second-order valence-corrected chi connectivity index (χ2v) is 6.40. The zero-order valence-corrected chi connectivity index (χ0v) is 14.5. The predicted octanol–water partition coefficient (Wildman–Crippen LogP) is 3.06. The molecule has 4 nitrogen and oxygen atoms in total. The van der Waals surface area contributed by atoms with E-state index in [1.807, 2.05) is 30.3 Å². The van der Waals surface area contributed by atoms with Crippen molar-refractivity contribution in [3.8, 4) is 0 Å². The van der Waals surface area contributed by atoms with Crippen LogP contribution in [0, 0.1) is 13.8 Å². The van der Waals surface area contributed by atoms with Gasteiger partial charge in [-0.1, -0.05) is 30.3 Å². The predicted molar refractivity (Wildman–Crippen MR) is 99.6 cm³/mol. The van der Waals surface area contributed by atoms with E-state index in [0.717, 1.165) is 31.9 Å². The largest absolute Gasteiger partial charge is 0.369 e. The highest BCUT2D eigenvalue weighted by Crippen LogP contribution is 2.23. The number of para-hydroxylation sites is 1. The second kappa shape index (κ2) is 7.49. The molecule has 2 aromatic rings. The van der Waals surface area contributed by atoms with E-state index in [1.165, 1.54) is 16.8 Å². The van der Waals surface area contributed by atoms with Crippen molar-refractivity contribution in [1.29, 1.82) is 0 Å². The molecule has 2 aromatic carbocycles. The van der Waals surface area contributed by atoms with Gasteiger partial charge in [-0.25, -0.2) is 0 Å². The Morgan fingerprint density at radius 2 is 1.67 bits per heavy atom. The summed E-state index contributed by atoms with van der Waals surface area (Å²) in [5.74, 6) is 0.0568. The first-order valence-electron chi connectivity index (χ1n) is 8.52. The van der Waals surface area contributed by atoms with Gasteiger partial charge in [-0.15, -0.1) is 0 Å². The van der Waals surface area contributed by atoms with Crippen LogP contribution in [0.5, 0.6) is 0 Å². The van der Waals surface area contributed by atoms with Crippen LogP contribution in [0.1, 0.15) is 11.1 Å². The highest BCUT2D eigenvalue weighted by atomic mass is 16.2. The number of hydrogen-bond acceptors (Lipinski definition) is 3. The molecule has 4 heteroatoms. The summed E-state index contributed by atoms with van der Waals surface area (Å²) in [7, 11) is 0. The molecule has 1 amide bonds. The van der Waals surface area contributed by atoms with E-state index < -0.39 is 0 Å². The smallest absolute Gasteiger partial charge is 0.238 e. The van der Waals surface area contributed by atoms with Gasteiger partial charge in [0, 0.05) is 37.6 Å². The molecule has 1 aliphatic rings. The van der Waals surface area contributed by atoms with E-state index in [9.17, 15) is 4.79 Å². The molecule has 0 spiro atoms. The number of carbonyl (C=O) groups is 1. The lowest BCUT2D eigenvalue weighted by Gasteiger charge is -2.36. The van der Waals surface area contributed by atoms with Crippen molar-refractivity contribution in [1.82, 2.24) is 4.90 Å². The molecule has 3 rings (SSSR count). The lowest BCUT2D eigenvalue weighted by Crippen LogP contribution is -2.48. The van der Waals surface area contributed by atoms with Crippen molar-refractivity contribution in [2.24, 2.45) is 0 Å². The molecule has 1 heterocycles. The fraction of sp³-hybridized carbons (Fsp3) is 0.350. The number of amides is 1. The monoisotopic (exact) mass is 323 g/mol. The van der Waals surface area contributed by atoms with Gasteiger partial charge >= 0.3 is 0 Å². The third kappa shape index (κ3) is 3.95. The molecule has 1 fully saturated rings. The maximum Gasteiger partial charge on any atom is 0.238 e. The normalized spacial score (nSPS) is 15.3. The minimum atomic E-state index is 0.0568. The Kier molecular flexibility index (Phi) is 5.16. The molecule has 0 bridgehead atoms. The minimum absolute atomic E-state index is 0.0568. The Morgan fingerprint density at radius 1 is 0.958 bits per heavy atom. The number of nitrogens with zero attached hydrogens (tertiary/aromatic N) is 2. The first kappa shape index (κ1) is 16.5. The summed E-state index contributed by atoms with van der Waals surface area (Å²) in [6, 6.07) is 16.1. The van der Waals surface area contributed by atoms with Crippen molar-refractivity contribution in [3.63, 3.8) is 0 Å². The topological polar surface area (TPSA) is 35.6 Å². The molecule has 0 unspecified atom stereocenters. The molecule has 0 atom stereocenters. The lowest BCUT2D eigenvalue weighted by atomic mass is 10.1. The number of nitrogens with one attached hydrogen (secondary N) is 1. The minimum Gasteiger partial charge on any atom is -0.369 e. The highest BCUT2D eigenvalue weighted by molar-refractivity contribution is 5.92. The van der Waals surface area contributed by atoms with Crippen LogP contribution in [0.3, 0.4) is 0 Å². The average molecular weight is 323 g/mol. The van der Waals surface area contributed by atoms with Crippen LogP contribution in [-0.2, 0) is 4.79 Å². The van der Waals surface area contributed by atoms with Crippen molar-refractivity contribution >= 4 is 17.3 Å². The first-order chi connectivity index (χ1) is 11.6. The average Bonchev–Trinajstić information content (AvgIpc) is 2.59. The number of benzene rings is 2. The van der Waals surface area contributed by atoms with Gasteiger partial charge in [0.2, 0.25) is 5.91 Å². The quantitative estimate of drug-likeness (QED) is 0.939. The van der Waals surface area contributed by atoms with E-state index in [4.69, 9.17) is 0 Å². The molecule has 0 saturated carbocycles. The van der Waals surface area contributed by atoms with Crippen LogP contribution in [0.4, 0.5) is 11.4 Å². The van der Waals surface area contributed by atoms with E-state index >= 15 is 0 Å². The first-order valence-corrected chi connectivity index (χ1v) is 8.52. The number of anilines is 2. The fourth-order valence-electron chi connectivity index (χ4n) is 3.15. The zero-order valence-electron chi connectivity index (χ0n) is 14.5. The Balaban J connectivity index is 1.52. The standard InChI is InChI=1S/C20H25N3O/c1-16-7-6-10-19(17(16)2)23-13-11-22(12-14-23)15-20(24)21-18-8-4-3-5-9-18/h3-10H,11-15H2,1-2H3,(H,21,24). The van der Waals surface area contributed by atoms with Gasteiger partial charge in [-0.3, -0.25) is 9.69 Å². The summed E-state index contributed by atoms with van der Waals surface area (Å²) >= 11 is 0. The molecule has 1 aliphatic heterocycles. The Labute approximate surface area is 144 Å². The fourth-order valence-corrected chi connectivity index (χ4v) is 3.15. The van der Waals surface area contributed by atoms with Crippen molar-refractivity contribution in [2.75, 3.05) is 42.9 Å². The third-order valence-electron chi connectivity index (χ3n) is 4.71. The summed E-state index contributed by atoms with van der Waals surface area (Å²) in [4.78, 5) is 16.8. The number of piperazine rings is 1. The van der Waals surface area contributed by atoms with Crippen LogP contribution in [0.2, 0.25) is 0 Å². The van der Waals surface area contributed by atoms with Crippen LogP contribution in [0.25, 0.3) is 0 Å². The van der Waals surface area contributed by atoms with Gasteiger partial charge < -0.3 is 10.2 Å². The van der Waals surface area contributed by atoms with Crippen molar-refractivity contribution in [2.45, 2.75) is 13.8 Å². The van der Waals surface area contributed by atoms with Crippen LogP contribution >= 0.6 is 0 Å². The number of aryl methyl sites for hydroxylation is 1. The molecule has 1 saturated heterocycles. The number of carbonyl (C=O) groups excluding carboxylic acids is 1. The maximum atomic E-state index is 12.2. The van der Waals surface area contributed by atoms with E-state index in [0.29, 0.717) is 6.54 Å². The Bertz CT molecular complexity index is 691. The molecular weight excluding hydrogens is 298 g/mol. The van der Waals surface area contributed by atoms with Crippen LogP contribution < -0.4 is 10.2 Å². The molecule has 126 valence electrons. The summed E-state index contributed by atoms with van der Waals surface area (Å²) < 4.78 is 0. The zero-order chi connectivity index (χ0) is 16.9. The van der Waals surface area contributed by atoms with Gasteiger partial charge in [0.25, 0.3) is 0 Å². The van der Waals surface area contributed by atoms with Gasteiger partial charge in [0.05, 0.1) is 6.54 Å². The Hall–Kier alpha value is -2.33. The summed E-state index contributed by atoms with van der Waals surface area (Å²) in [6.07, 6.45) is 0. The molecule has 24 heavy (non-hydrogen) atoms. The van der Waals surface area contributed by atoms with Crippen molar-refractivity contribution in [3.05, 3.63) is 59.7 Å². The van der Waals surface area contributed by atoms with Crippen LogP contribution in [0.15, 0.2) is 48.5 Å². The third-order valence-corrected chi connectivity index (χ3v) is 4.71. The van der Waals surface area contributed by atoms with E-state index in [-0.39, 0.29) is 5.91 Å². The molecular formula is C20H25N3O. The SMILES string of the molecule is Cc1cccc(N2CCN(CC(=O)Nc3ccccc3)CC2)c1C.